The Bertz CT molecular complexity index is 1100. The fourth-order valence-electron chi connectivity index (χ4n) is 3.66. The van der Waals surface area contributed by atoms with Crippen molar-refractivity contribution >= 4 is 44.4 Å². The SMILES string of the molecule is CCNC(=O)Nc1nc2cc(-c3cnc(N4CCC(C)CC4)nc3)cc(C(C)=O)c2s1. The van der Waals surface area contributed by atoms with Gasteiger partial charge in [-0.2, -0.15) is 0 Å². The van der Waals surface area contributed by atoms with Crippen LogP contribution in [0.15, 0.2) is 24.5 Å². The molecular formula is C22H26N6O2S. The van der Waals surface area contributed by atoms with Gasteiger partial charge in [-0.05, 0) is 50.3 Å². The first-order valence-corrected chi connectivity index (χ1v) is 11.3. The molecule has 8 nitrogen and oxygen atoms in total. The van der Waals surface area contributed by atoms with Crippen LogP contribution in [0.2, 0.25) is 0 Å². The maximum Gasteiger partial charge on any atom is 0.321 e. The van der Waals surface area contributed by atoms with E-state index < -0.39 is 0 Å². The van der Waals surface area contributed by atoms with Crippen molar-refractivity contribution in [2.24, 2.45) is 5.92 Å². The summed E-state index contributed by atoms with van der Waals surface area (Å²) < 4.78 is 0.753. The van der Waals surface area contributed by atoms with Gasteiger partial charge in [0.1, 0.15) is 0 Å². The van der Waals surface area contributed by atoms with Gasteiger partial charge in [0.2, 0.25) is 5.95 Å². The molecule has 0 saturated carbocycles. The topological polar surface area (TPSA) is 100 Å². The normalized spacial score (nSPS) is 14.6. The molecule has 1 saturated heterocycles. The Kier molecular flexibility index (Phi) is 6.13. The summed E-state index contributed by atoms with van der Waals surface area (Å²) in [6, 6.07) is 3.43. The summed E-state index contributed by atoms with van der Waals surface area (Å²) in [5.41, 5.74) is 2.88. The van der Waals surface area contributed by atoms with E-state index in [1.165, 1.54) is 18.3 Å². The van der Waals surface area contributed by atoms with Crippen molar-refractivity contribution in [3.8, 4) is 11.1 Å². The van der Waals surface area contributed by atoms with E-state index in [0.29, 0.717) is 22.8 Å². The van der Waals surface area contributed by atoms with Crippen molar-refractivity contribution in [2.45, 2.75) is 33.6 Å². The lowest BCUT2D eigenvalue weighted by molar-refractivity contribution is 0.101. The Morgan fingerprint density at radius 1 is 1.16 bits per heavy atom. The van der Waals surface area contributed by atoms with Crippen molar-refractivity contribution in [2.75, 3.05) is 29.9 Å². The van der Waals surface area contributed by atoms with Gasteiger partial charge in [-0.3, -0.25) is 10.1 Å². The molecule has 0 unspecified atom stereocenters. The second-order valence-electron chi connectivity index (χ2n) is 7.87. The molecule has 0 aliphatic carbocycles. The molecule has 31 heavy (non-hydrogen) atoms. The average Bonchev–Trinajstić information content (AvgIpc) is 3.15. The zero-order chi connectivity index (χ0) is 22.0. The van der Waals surface area contributed by atoms with Gasteiger partial charge in [0.05, 0.1) is 10.2 Å². The minimum atomic E-state index is -0.317. The molecule has 162 valence electrons. The Morgan fingerprint density at radius 2 is 1.87 bits per heavy atom. The molecule has 0 atom stereocenters. The third-order valence-corrected chi connectivity index (χ3v) is 6.49. The Labute approximate surface area is 185 Å². The minimum Gasteiger partial charge on any atom is -0.341 e. The van der Waals surface area contributed by atoms with E-state index in [2.05, 4.69) is 37.4 Å². The zero-order valence-electron chi connectivity index (χ0n) is 17.9. The molecule has 1 fully saturated rings. The van der Waals surface area contributed by atoms with Crippen molar-refractivity contribution < 1.29 is 9.59 Å². The number of nitrogens with zero attached hydrogens (tertiary/aromatic N) is 4. The molecule has 1 aliphatic rings. The molecule has 1 aromatic carbocycles. The highest BCUT2D eigenvalue weighted by Crippen LogP contribution is 2.34. The van der Waals surface area contributed by atoms with Crippen LogP contribution in [0.1, 0.15) is 44.0 Å². The fraction of sp³-hybridized carbons (Fsp3) is 0.409. The largest absolute Gasteiger partial charge is 0.341 e. The molecule has 9 heteroatoms. The molecule has 2 aromatic heterocycles. The number of thiazole rings is 1. The van der Waals surface area contributed by atoms with E-state index in [1.807, 2.05) is 19.1 Å². The van der Waals surface area contributed by atoms with Gasteiger partial charge in [-0.25, -0.2) is 19.7 Å². The highest BCUT2D eigenvalue weighted by Gasteiger charge is 2.19. The first-order chi connectivity index (χ1) is 14.9. The van der Waals surface area contributed by atoms with E-state index in [0.717, 1.165) is 53.6 Å². The summed E-state index contributed by atoms with van der Waals surface area (Å²) in [4.78, 5) is 40.0. The van der Waals surface area contributed by atoms with E-state index >= 15 is 0 Å². The number of Topliss-reactive ketones (excluding diaryl/α,β-unsaturated/α-hetero) is 1. The molecule has 3 heterocycles. The third-order valence-electron chi connectivity index (χ3n) is 5.47. The molecule has 3 aromatic rings. The van der Waals surface area contributed by atoms with Crippen molar-refractivity contribution in [3.63, 3.8) is 0 Å². The van der Waals surface area contributed by atoms with Crippen LogP contribution in [-0.2, 0) is 0 Å². The summed E-state index contributed by atoms with van der Waals surface area (Å²) >= 11 is 1.29. The Hall–Kier alpha value is -3.07. The summed E-state index contributed by atoms with van der Waals surface area (Å²) in [6.07, 6.45) is 5.90. The van der Waals surface area contributed by atoms with E-state index in [1.54, 1.807) is 12.4 Å². The standard InChI is InChI=1S/C22H26N6O2S/c1-4-23-21(30)27-22-26-18-10-15(9-17(14(3)29)19(18)31-22)16-11-24-20(25-12-16)28-7-5-13(2)6-8-28/h9-13H,4-8H2,1-3H3,(H2,23,26,27,30). The molecular weight excluding hydrogens is 412 g/mol. The molecule has 2 N–H and O–H groups in total. The number of hydrogen-bond donors (Lipinski definition) is 2. The number of rotatable bonds is 5. The number of carbonyl (C=O) groups excluding carboxylic acids is 2. The smallest absolute Gasteiger partial charge is 0.321 e. The Balaban J connectivity index is 1.64. The average molecular weight is 439 g/mol. The summed E-state index contributed by atoms with van der Waals surface area (Å²) in [6.45, 7) is 8.12. The summed E-state index contributed by atoms with van der Waals surface area (Å²) in [5, 5.41) is 5.85. The molecule has 2 amide bonds. The van der Waals surface area contributed by atoms with Gasteiger partial charge in [0.25, 0.3) is 0 Å². The van der Waals surface area contributed by atoms with Crippen molar-refractivity contribution in [1.82, 2.24) is 20.3 Å². The lowest BCUT2D eigenvalue weighted by Crippen LogP contribution is -2.33. The number of anilines is 2. The second kappa shape index (κ2) is 8.97. The highest BCUT2D eigenvalue weighted by atomic mass is 32.1. The number of hydrogen-bond acceptors (Lipinski definition) is 7. The summed E-state index contributed by atoms with van der Waals surface area (Å²) in [5.74, 6) is 1.43. The van der Waals surface area contributed by atoms with Crippen molar-refractivity contribution in [3.05, 3.63) is 30.1 Å². The first-order valence-electron chi connectivity index (χ1n) is 10.5. The van der Waals surface area contributed by atoms with Crippen molar-refractivity contribution in [1.29, 1.82) is 0 Å². The number of urea groups is 1. The first kappa shape index (κ1) is 21.2. The quantitative estimate of drug-likeness (QED) is 0.575. The number of aromatic nitrogens is 3. The van der Waals surface area contributed by atoms with Crippen LogP contribution in [0.5, 0.6) is 0 Å². The van der Waals surface area contributed by atoms with Gasteiger partial charge >= 0.3 is 6.03 Å². The van der Waals surface area contributed by atoms with Crippen LogP contribution in [-0.4, -0.2) is 46.4 Å². The lowest BCUT2D eigenvalue weighted by atomic mass is 10.00. The number of benzene rings is 1. The monoisotopic (exact) mass is 438 g/mol. The second-order valence-corrected chi connectivity index (χ2v) is 8.87. The zero-order valence-corrected chi connectivity index (χ0v) is 18.8. The fourth-order valence-corrected chi connectivity index (χ4v) is 4.66. The summed E-state index contributed by atoms with van der Waals surface area (Å²) in [7, 11) is 0. The molecule has 0 bridgehead atoms. The number of ketones is 1. The van der Waals surface area contributed by atoms with E-state index in [9.17, 15) is 9.59 Å². The molecule has 0 spiro atoms. The molecule has 0 radical (unpaired) electrons. The predicted molar refractivity (Wildman–Crippen MR) is 124 cm³/mol. The lowest BCUT2D eigenvalue weighted by Gasteiger charge is -2.30. The van der Waals surface area contributed by atoms with Crippen LogP contribution < -0.4 is 15.5 Å². The van der Waals surface area contributed by atoms with Gasteiger partial charge in [0, 0.05) is 43.2 Å². The van der Waals surface area contributed by atoms with Gasteiger partial charge < -0.3 is 10.2 Å². The van der Waals surface area contributed by atoms with Gasteiger partial charge in [0.15, 0.2) is 10.9 Å². The maximum absolute atomic E-state index is 12.3. The number of piperidine rings is 1. The van der Waals surface area contributed by atoms with E-state index in [-0.39, 0.29) is 11.8 Å². The number of carbonyl (C=O) groups is 2. The van der Waals surface area contributed by atoms with E-state index in [4.69, 9.17) is 0 Å². The molecule has 1 aliphatic heterocycles. The highest BCUT2D eigenvalue weighted by molar-refractivity contribution is 7.22. The van der Waals surface area contributed by atoms with Crippen LogP contribution in [0.4, 0.5) is 15.9 Å². The molecule has 4 rings (SSSR count). The number of nitrogens with one attached hydrogen (secondary N) is 2. The van der Waals surface area contributed by atoms with Gasteiger partial charge in [-0.15, -0.1) is 0 Å². The van der Waals surface area contributed by atoms with Crippen LogP contribution in [0.25, 0.3) is 21.3 Å². The minimum absolute atomic E-state index is 0.0555. The van der Waals surface area contributed by atoms with Crippen LogP contribution in [0.3, 0.4) is 0 Å². The third kappa shape index (κ3) is 4.66. The van der Waals surface area contributed by atoms with Gasteiger partial charge in [-0.1, -0.05) is 18.3 Å². The predicted octanol–water partition coefficient (Wildman–Crippen LogP) is 4.33. The van der Waals surface area contributed by atoms with Crippen LogP contribution >= 0.6 is 11.3 Å². The Morgan fingerprint density at radius 3 is 2.52 bits per heavy atom. The number of amides is 2. The van der Waals surface area contributed by atoms with Crippen LogP contribution in [0, 0.1) is 5.92 Å². The maximum atomic E-state index is 12.3. The number of fused-ring (bicyclic) bond motifs is 1.